The van der Waals surface area contributed by atoms with Gasteiger partial charge in [0, 0.05) is 24.7 Å². The van der Waals surface area contributed by atoms with Crippen molar-refractivity contribution in [3.8, 4) is 5.75 Å². The number of H-pyrrole nitrogens is 1. The number of imidazole rings is 1. The number of aromatic amines is 1. The highest BCUT2D eigenvalue weighted by Crippen LogP contribution is 2.19. The van der Waals surface area contributed by atoms with Gasteiger partial charge in [-0.2, -0.15) is 0 Å². The molecule has 156 valence electrons. The van der Waals surface area contributed by atoms with E-state index in [1.54, 1.807) is 6.33 Å². The number of likely N-dealkylation sites (tertiary alicyclic amines) is 1. The van der Waals surface area contributed by atoms with Gasteiger partial charge in [-0.3, -0.25) is 9.59 Å². The van der Waals surface area contributed by atoms with E-state index in [2.05, 4.69) is 22.2 Å². The SMILES string of the molecule is CCc1ccccc1OCC(=O)NC1CCN(C(=O)c2ccc3nc[nH]c3c2)CC1. The Kier molecular flexibility index (Phi) is 5.97. The number of carbonyl (C=O) groups is 2. The molecule has 2 heterocycles. The van der Waals surface area contributed by atoms with Crippen molar-refractivity contribution in [2.24, 2.45) is 0 Å². The normalized spacial score (nSPS) is 14.6. The molecular formula is C23H26N4O3. The first-order valence-electron chi connectivity index (χ1n) is 10.4. The number of nitrogens with one attached hydrogen (secondary N) is 2. The number of para-hydroxylation sites is 1. The van der Waals surface area contributed by atoms with Gasteiger partial charge < -0.3 is 19.9 Å². The van der Waals surface area contributed by atoms with Crippen molar-refractivity contribution in [2.75, 3.05) is 19.7 Å². The van der Waals surface area contributed by atoms with Crippen molar-refractivity contribution in [3.63, 3.8) is 0 Å². The van der Waals surface area contributed by atoms with E-state index >= 15 is 0 Å². The summed E-state index contributed by atoms with van der Waals surface area (Å²) >= 11 is 0. The summed E-state index contributed by atoms with van der Waals surface area (Å²) in [6, 6.07) is 13.3. The number of rotatable bonds is 6. The molecule has 2 N–H and O–H groups in total. The van der Waals surface area contributed by atoms with Crippen LogP contribution in [0.4, 0.5) is 0 Å². The standard InChI is InChI=1S/C23H26N4O3/c1-2-16-5-3-4-6-21(16)30-14-22(28)26-18-9-11-27(12-10-18)23(29)17-7-8-19-20(13-17)25-15-24-19/h3-8,13,15,18H,2,9-12,14H2,1H3,(H,24,25)(H,26,28). The number of piperidine rings is 1. The number of nitrogens with zero attached hydrogens (tertiary/aromatic N) is 2. The topological polar surface area (TPSA) is 87.3 Å². The minimum Gasteiger partial charge on any atom is -0.483 e. The fraction of sp³-hybridized carbons (Fsp3) is 0.348. The molecule has 2 aromatic carbocycles. The third-order valence-electron chi connectivity index (χ3n) is 5.53. The van der Waals surface area contributed by atoms with Crippen LogP contribution in [0.25, 0.3) is 11.0 Å². The van der Waals surface area contributed by atoms with Gasteiger partial charge in [0.2, 0.25) is 0 Å². The molecule has 0 aliphatic carbocycles. The molecule has 0 unspecified atom stereocenters. The fourth-order valence-electron chi connectivity index (χ4n) is 3.83. The Hall–Kier alpha value is -3.35. The van der Waals surface area contributed by atoms with Gasteiger partial charge in [0.25, 0.3) is 11.8 Å². The number of fused-ring (bicyclic) bond motifs is 1. The van der Waals surface area contributed by atoms with Gasteiger partial charge in [-0.1, -0.05) is 25.1 Å². The van der Waals surface area contributed by atoms with Crippen molar-refractivity contribution >= 4 is 22.8 Å². The number of carbonyl (C=O) groups excluding carboxylic acids is 2. The molecule has 0 atom stereocenters. The van der Waals surface area contributed by atoms with Crippen LogP contribution in [0.15, 0.2) is 48.8 Å². The number of benzene rings is 2. The van der Waals surface area contributed by atoms with E-state index < -0.39 is 0 Å². The molecule has 1 fully saturated rings. The lowest BCUT2D eigenvalue weighted by Crippen LogP contribution is -2.47. The highest BCUT2D eigenvalue weighted by molar-refractivity contribution is 5.97. The Morgan fingerprint density at radius 1 is 1.20 bits per heavy atom. The molecule has 1 aliphatic rings. The van der Waals surface area contributed by atoms with Crippen molar-refractivity contribution in [3.05, 3.63) is 59.9 Å². The van der Waals surface area contributed by atoms with E-state index in [0.29, 0.717) is 18.7 Å². The highest BCUT2D eigenvalue weighted by atomic mass is 16.5. The first-order chi connectivity index (χ1) is 14.6. The second-order valence-corrected chi connectivity index (χ2v) is 7.52. The number of hydrogen-bond donors (Lipinski definition) is 2. The third-order valence-corrected chi connectivity index (χ3v) is 5.53. The van der Waals surface area contributed by atoms with Gasteiger partial charge in [0.15, 0.2) is 6.61 Å². The molecule has 2 amide bonds. The van der Waals surface area contributed by atoms with Gasteiger partial charge in [-0.25, -0.2) is 4.98 Å². The number of amides is 2. The van der Waals surface area contributed by atoms with Gasteiger partial charge in [0.05, 0.1) is 17.4 Å². The first-order valence-corrected chi connectivity index (χ1v) is 10.4. The largest absolute Gasteiger partial charge is 0.483 e. The molecule has 1 saturated heterocycles. The van der Waals surface area contributed by atoms with Crippen LogP contribution in [0.1, 0.15) is 35.7 Å². The lowest BCUT2D eigenvalue weighted by atomic mass is 10.0. The summed E-state index contributed by atoms with van der Waals surface area (Å²) < 4.78 is 5.69. The smallest absolute Gasteiger partial charge is 0.258 e. The average Bonchev–Trinajstić information content (AvgIpc) is 3.26. The predicted molar refractivity (Wildman–Crippen MR) is 114 cm³/mol. The van der Waals surface area contributed by atoms with Gasteiger partial charge in [-0.15, -0.1) is 0 Å². The summed E-state index contributed by atoms with van der Waals surface area (Å²) in [6.07, 6.45) is 3.94. The lowest BCUT2D eigenvalue weighted by Gasteiger charge is -2.32. The van der Waals surface area contributed by atoms with E-state index in [1.807, 2.05) is 47.4 Å². The maximum atomic E-state index is 12.8. The summed E-state index contributed by atoms with van der Waals surface area (Å²) in [4.78, 5) is 34.2. The monoisotopic (exact) mass is 406 g/mol. The third kappa shape index (κ3) is 4.45. The maximum Gasteiger partial charge on any atom is 0.258 e. The van der Waals surface area contributed by atoms with E-state index in [-0.39, 0.29) is 24.5 Å². The van der Waals surface area contributed by atoms with Gasteiger partial charge in [0.1, 0.15) is 5.75 Å². The Bertz CT molecular complexity index is 1040. The van der Waals surface area contributed by atoms with Crippen LogP contribution in [0.5, 0.6) is 5.75 Å². The Balaban J connectivity index is 1.26. The quantitative estimate of drug-likeness (QED) is 0.659. The zero-order chi connectivity index (χ0) is 20.9. The van der Waals surface area contributed by atoms with Gasteiger partial charge >= 0.3 is 0 Å². The molecule has 1 aliphatic heterocycles. The Morgan fingerprint density at radius 3 is 2.80 bits per heavy atom. The van der Waals surface area contributed by atoms with E-state index in [0.717, 1.165) is 41.6 Å². The van der Waals surface area contributed by atoms with Crippen LogP contribution in [-0.2, 0) is 11.2 Å². The second kappa shape index (κ2) is 8.98. The minimum absolute atomic E-state index is 0.000352. The highest BCUT2D eigenvalue weighted by Gasteiger charge is 2.25. The molecule has 0 bridgehead atoms. The van der Waals surface area contributed by atoms with Crippen molar-refractivity contribution in [1.29, 1.82) is 0 Å². The van der Waals surface area contributed by atoms with E-state index in [4.69, 9.17) is 4.74 Å². The van der Waals surface area contributed by atoms with Crippen LogP contribution in [-0.4, -0.2) is 52.4 Å². The minimum atomic E-state index is -0.129. The van der Waals surface area contributed by atoms with E-state index in [1.165, 1.54) is 0 Å². The summed E-state index contributed by atoms with van der Waals surface area (Å²) in [5.74, 6) is 0.635. The number of hydrogen-bond acceptors (Lipinski definition) is 4. The molecule has 30 heavy (non-hydrogen) atoms. The molecule has 4 rings (SSSR count). The molecule has 0 saturated carbocycles. The van der Waals surface area contributed by atoms with Crippen LogP contribution >= 0.6 is 0 Å². The molecule has 0 radical (unpaired) electrons. The first kappa shape index (κ1) is 19.9. The van der Waals surface area contributed by atoms with Crippen molar-refractivity contribution in [2.45, 2.75) is 32.2 Å². The lowest BCUT2D eigenvalue weighted by molar-refractivity contribution is -0.124. The predicted octanol–water partition coefficient (Wildman–Crippen LogP) is 2.93. The summed E-state index contributed by atoms with van der Waals surface area (Å²) in [5, 5.41) is 3.03. The molecule has 1 aromatic heterocycles. The molecule has 7 heteroatoms. The average molecular weight is 406 g/mol. The summed E-state index contributed by atoms with van der Waals surface area (Å²) in [6.45, 7) is 3.29. The second-order valence-electron chi connectivity index (χ2n) is 7.52. The van der Waals surface area contributed by atoms with Crippen LogP contribution in [0.2, 0.25) is 0 Å². The van der Waals surface area contributed by atoms with Crippen LogP contribution in [0.3, 0.4) is 0 Å². The van der Waals surface area contributed by atoms with Crippen molar-refractivity contribution in [1.82, 2.24) is 20.2 Å². The Labute approximate surface area is 175 Å². The Morgan fingerprint density at radius 2 is 2.00 bits per heavy atom. The summed E-state index contributed by atoms with van der Waals surface area (Å²) in [7, 11) is 0. The number of aryl methyl sites for hydroxylation is 1. The molecule has 3 aromatic rings. The molecule has 7 nitrogen and oxygen atoms in total. The van der Waals surface area contributed by atoms with E-state index in [9.17, 15) is 9.59 Å². The molecule has 0 spiro atoms. The van der Waals surface area contributed by atoms with Gasteiger partial charge in [-0.05, 0) is 49.1 Å². The zero-order valence-corrected chi connectivity index (χ0v) is 17.1. The maximum absolute atomic E-state index is 12.8. The molecular weight excluding hydrogens is 380 g/mol. The number of ether oxygens (including phenoxy) is 1. The summed E-state index contributed by atoms with van der Waals surface area (Å²) in [5.41, 5.74) is 3.44. The van der Waals surface area contributed by atoms with Crippen LogP contribution < -0.4 is 10.1 Å². The zero-order valence-electron chi connectivity index (χ0n) is 17.1. The fourth-order valence-corrected chi connectivity index (χ4v) is 3.83. The van der Waals surface area contributed by atoms with Crippen molar-refractivity contribution < 1.29 is 14.3 Å². The number of aromatic nitrogens is 2. The van der Waals surface area contributed by atoms with Crippen LogP contribution in [0, 0.1) is 0 Å².